The molecule has 5 rings (SSSR count). The highest BCUT2D eigenvalue weighted by atomic mass is 32.2. The van der Waals surface area contributed by atoms with E-state index in [1.807, 2.05) is 28.5 Å². The number of thioether (sulfide) groups is 1. The Morgan fingerprint density at radius 3 is 2.72 bits per heavy atom. The summed E-state index contributed by atoms with van der Waals surface area (Å²) in [7, 11) is 0. The van der Waals surface area contributed by atoms with Crippen LogP contribution in [0.3, 0.4) is 0 Å². The maximum absolute atomic E-state index is 14.0. The van der Waals surface area contributed by atoms with E-state index in [0.29, 0.717) is 48.2 Å². The molecule has 0 spiro atoms. The van der Waals surface area contributed by atoms with Crippen LogP contribution in [0.4, 0.5) is 10.1 Å². The van der Waals surface area contributed by atoms with Gasteiger partial charge in [0.15, 0.2) is 0 Å². The summed E-state index contributed by atoms with van der Waals surface area (Å²) in [5.41, 5.74) is 1.31. The first-order chi connectivity index (χ1) is 15.6. The minimum Gasteiger partial charge on any atom is -0.366 e. The second-order valence-electron chi connectivity index (χ2n) is 7.25. The molecule has 0 unspecified atom stereocenters. The molecule has 0 radical (unpaired) electrons. The Bertz CT molecular complexity index is 1310. The van der Waals surface area contributed by atoms with Crippen molar-refractivity contribution in [2.24, 2.45) is 0 Å². The summed E-state index contributed by atoms with van der Waals surface area (Å²) in [4.78, 5) is 29.6. The van der Waals surface area contributed by atoms with Gasteiger partial charge in [-0.1, -0.05) is 30.0 Å². The van der Waals surface area contributed by atoms with Gasteiger partial charge < -0.3 is 9.80 Å². The van der Waals surface area contributed by atoms with Crippen molar-refractivity contribution in [2.75, 3.05) is 36.8 Å². The summed E-state index contributed by atoms with van der Waals surface area (Å²) in [6.45, 7) is 2.18. The van der Waals surface area contributed by atoms with Crippen molar-refractivity contribution in [2.45, 2.75) is 5.16 Å². The van der Waals surface area contributed by atoms with Crippen LogP contribution < -0.4 is 10.5 Å². The molecule has 3 aromatic heterocycles. The average Bonchev–Trinajstić information content (AvgIpc) is 3.50. The van der Waals surface area contributed by atoms with Gasteiger partial charge >= 0.3 is 0 Å². The zero-order valence-corrected chi connectivity index (χ0v) is 18.5. The molecule has 0 bridgehead atoms. The van der Waals surface area contributed by atoms with Crippen LogP contribution in [-0.2, 0) is 4.79 Å². The molecule has 11 heteroatoms. The third-order valence-corrected chi connectivity index (χ3v) is 7.11. The van der Waals surface area contributed by atoms with Crippen molar-refractivity contribution < 1.29 is 9.18 Å². The molecule has 8 nitrogen and oxygen atoms in total. The van der Waals surface area contributed by atoms with Gasteiger partial charge in [0.2, 0.25) is 11.1 Å². The zero-order chi connectivity index (χ0) is 22.1. The fourth-order valence-electron chi connectivity index (χ4n) is 3.65. The predicted octanol–water partition coefficient (Wildman–Crippen LogP) is 2.73. The molecule has 1 aliphatic heterocycles. The first-order valence-electron chi connectivity index (χ1n) is 10.0. The van der Waals surface area contributed by atoms with Gasteiger partial charge in [-0.2, -0.15) is 5.10 Å². The number of rotatable bonds is 5. The first kappa shape index (κ1) is 20.7. The third kappa shape index (κ3) is 4.00. The minimum absolute atomic E-state index is 0.0324. The predicted molar refractivity (Wildman–Crippen MR) is 123 cm³/mol. The molecule has 1 N–H and O–H groups in total. The molecule has 1 fully saturated rings. The highest BCUT2D eigenvalue weighted by molar-refractivity contribution is 7.99. The Morgan fingerprint density at radius 2 is 1.97 bits per heavy atom. The van der Waals surface area contributed by atoms with Crippen molar-refractivity contribution in [3.8, 4) is 10.6 Å². The van der Waals surface area contributed by atoms with Crippen LogP contribution in [0.5, 0.6) is 0 Å². The van der Waals surface area contributed by atoms with Crippen LogP contribution in [0.2, 0.25) is 0 Å². The Hall–Kier alpha value is -3.18. The molecule has 0 aliphatic carbocycles. The molecule has 0 saturated carbocycles. The van der Waals surface area contributed by atoms with E-state index in [9.17, 15) is 14.0 Å². The summed E-state index contributed by atoms with van der Waals surface area (Å²) in [5, 5.41) is 13.5. The quantitative estimate of drug-likeness (QED) is 0.452. The standard InChI is InChI=1S/C21H19FN6O2S2/c22-14-4-1-2-5-16(14)26-7-9-27(10-8-26)19(29)13-32-21-24-23-20(30)17-12-15(25-28(17)21)18-6-3-11-31-18/h1-6,11-12H,7-10,13H2,(H,23,30). The number of hydrogen-bond donors (Lipinski definition) is 1. The van der Waals surface area contributed by atoms with E-state index in [1.54, 1.807) is 23.1 Å². The maximum atomic E-state index is 14.0. The number of nitrogens with one attached hydrogen (secondary N) is 1. The number of aromatic amines is 1. The lowest BCUT2D eigenvalue weighted by molar-refractivity contribution is -0.128. The van der Waals surface area contributed by atoms with Gasteiger partial charge in [0.05, 0.1) is 16.3 Å². The molecule has 1 aliphatic rings. The average molecular weight is 471 g/mol. The number of H-pyrrole nitrogens is 1. The molecule has 1 saturated heterocycles. The topological polar surface area (TPSA) is 86.6 Å². The number of aromatic nitrogens is 4. The lowest BCUT2D eigenvalue weighted by Gasteiger charge is -2.36. The number of para-hydroxylation sites is 1. The number of thiophene rings is 1. The lowest BCUT2D eigenvalue weighted by Crippen LogP contribution is -2.49. The van der Waals surface area contributed by atoms with Gasteiger partial charge in [-0.05, 0) is 29.6 Å². The molecule has 4 aromatic rings. The number of anilines is 1. The molecule has 1 amide bonds. The van der Waals surface area contributed by atoms with Gasteiger partial charge in [0.1, 0.15) is 17.0 Å². The van der Waals surface area contributed by atoms with Crippen molar-refractivity contribution in [3.05, 3.63) is 64.0 Å². The number of carbonyl (C=O) groups excluding carboxylic acids is 1. The number of hydrogen-bond acceptors (Lipinski definition) is 7. The molecule has 1 aromatic carbocycles. The number of amides is 1. The second kappa shape index (κ2) is 8.75. The fourth-order valence-corrected chi connectivity index (χ4v) is 5.14. The maximum Gasteiger partial charge on any atom is 0.290 e. The van der Waals surface area contributed by atoms with Crippen LogP contribution in [-0.4, -0.2) is 62.6 Å². The highest BCUT2D eigenvalue weighted by Crippen LogP contribution is 2.25. The zero-order valence-electron chi connectivity index (χ0n) is 16.9. The van der Waals surface area contributed by atoms with E-state index in [-0.39, 0.29) is 23.0 Å². The number of piperazine rings is 1. The van der Waals surface area contributed by atoms with Crippen LogP contribution in [0.15, 0.2) is 57.8 Å². The molecular weight excluding hydrogens is 451 g/mol. The molecule has 164 valence electrons. The third-order valence-electron chi connectivity index (χ3n) is 5.30. The number of benzene rings is 1. The van der Waals surface area contributed by atoms with Gasteiger partial charge in [-0.15, -0.1) is 16.4 Å². The van der Waals surface area contributed by atoms with E-state index in [4.69, 9.17) is 0 Å². The highest BCUT2D eigenvalue weighted by Gasteiger charge is 2.23. The lowest BCUT2D eigenvalue weighted by atomic mass is 10.2. The summed E-state index contributed by atoms with van der Waals surface area (Å²) in [6.07, 6.45) is 0. The summed E-state index contributed by atoms with van der Waals surface area (Å²) in [5.74, 6) is -0.116. The summed E-state index contributed by atoms with van der Waals surface area (Å²) in [6, 6.07) is 12.3. The van der Waals surface area contributed by atoms with Crippen LogP contribution in [0.25, 0.3) is 16.1 Å². The van der Waals surface area contributed by atoms with Gasteiger partial charge in [-0.3, -0.25) is 9.59 Å². The van der Waals surface area contributed by atoms with Crippen LogP contribution >= 0.6 is 23.1 Å². The SMILES string of the molecule is O=C(CSc1n[nH]c(=O)c2cc(-c3cccs3)nn12)N1CCN(c2ccccc2F)CC1. The molecule has 0 atom stereocenters. The van der Waals surface area contributed by atoms with E-state index in [0.717, 1.165) is 4.88 Å². The Kier molecular flexibility index (Phi) is 5.66. The van der Waals surface area contributed by atoms with Crippen molar-refractivity contribution in [3.63, 3.8) is 0 Å². The monoisotopic (exact) mass is 470 g/mol. The first-order valence-corrected chi connectivity index (χ1v) is 11.9. The van der Waals surface area contributed by atoms with Crippen LogP contribution in [0, 0.1) is 5.82 Å². The number of fused-ring (bicyclic) bond motifs is 1. The Labute approximate surface area is 190 Å². The van der Waals surface area contributed by atoms with Gasteiger partial charge in [0.25, 0.3) is 5.56 Å². The molecule has 4 heterocycles. The van der Waals surface area contributed by atoms with Crippen molar-refractivity contribution >= 4 is 40.2 Å². The second-order valence-corrected chi connectivity index (χ2v) is 9.14. The van der Waals surface area contributed by atoms with Crippen LogP contribution in [0.1, 0.15) is 0 Å². The fraction of sp³-hybridized carbons (Fsp3) is 0.238. The van der Waals surface area contributed by atoms with E-state index in [2.05, 4.69) is 15.3 Å². The molecular formula is C21H19FN6O2S2. The van der Waals surface area contributed by atoms with Crippen molar-refractivity contribution in [1.82, 2.24) is 24.7 Å². The van der Waals surface area contributed by atoms with E-state index < -0.39 is 0 Å². The smallest absolute Gasteiger partial charge is 0.290 e. The number of halogens is 1. The van der Waals surface area contributed by atoms with Gasteiger partial charge in [0, 0.05) is 26.2 Å². The minimum atomic E-state index is -0.333. The van der Waals surface area contributed by atoms with Crippen molar-refractivity contribution in [1.29, 1.82) is 0 Å². The van der Waals surface area contributed by atoms with E-state index >= 15 is 0 Å². The Morgan fingerprint density at radius 1 is 1.16 bits per heavy atom. The largest absolute Gasteiger partial charge is 0.366 e. The molecule has 32 heavy (non-hydrogen) atoms. The number of nitrogens with zero attached hydrogens (tertiary/aromatic N) is 5. The van der Waals surface area contributed by atoms with Gasteiger partial charge in [-0.25, -0.2) is 14.0 Å². The normalized spacial score (nSPS) is 14.3. The number of carbonyl (C=O) groups is 1. The Balaban J connectivity index is 1.25. The summed E-state index contributed by atoms with van der Waals surface area (Å²) >= 11 is 2.76. The summed E-state index contributed by atoms with van der Waals surface area (Å²) < 4.78 is 15.5. The van der Waals surface area contributed by atoms with E-state index in [1.165, 1.54) is 33.7 Å².